The van der Waals surface area contributed by atoms with Crippen LogP contribution in [0, 0.1) is 0 Å². The molecule has 0 atom stereocenters. The van der Waals surface area contributed by atoms with Crippen LogP contribution in [0.3, 0.4) is 0 Å². The summed E-state index contributed by atoms with van der Waals surface area (Å²) in [6.07, 6.45) is 1.56. The SMILES string of the molecule is O=C(O)Cc1ccc(Nc2ncnc3scc(-c4ccccc4)c23)cc1. The summed E-state index contributed by atoms with van der Waals surface area (Å²) >= 11 is 1.59. The largest absolute Gasteiger partial charge is 0.481 e. The van der Waals surface area contributed by atoms with Gasteiger partial charge in [0, 0.05) is 16.6 Å². The molecule has 0 aliphatic rings. The summed E-state index contributed by atoms with van der Waals surface area (Å²) in [7, 11) is 0. The van der Waals surface area contributed by atoms with Gasteiger partial charge in [0.25, 0.3) is 0 Å². The van der Waals surface area contributed by atoms with Gasteiger partial charge in [-0.1, -0.05) is 42.5 Å². The lowest BCUT2D eigenvalue weighted by atomic mass is 10.1. The molecule has 0 aliphatic heterocycles. The number of hydrogen-bond donors (Lipinski definition) is 2. The molecule has 0 bridgehead atoms. The van der Waals surface area contributed by atoms with Crippen molar-refractivity contribution < 1.29 is 9.90 Å². The lowest BCUT2D eigenvalue weighted by molar-refractivity contribution is -0.136. The van der Waals surface area contributed by atoms with Crippen LogP contribution in [0.5, 0.6) is 0 Å². The first-order valence-electron chi connectivity index (χ1n) is 8.06. The number of fused-ring (bicyclic) bond motifs is 1. The van der Waals surface area contributed by atoms with E-state index in [1.165, 1.54) is 0 Å². The van der Waals surface area contributed by atoms with E-state index >= 15 is 0 Å². The molecule has 4 aromatic rings. The van der Waals surface area contributed by atoms with Crippen molar-refractivity contribution >= 4 is 39.0 Å². The van der Waals surface area contributed by atoms with Crippen molar-refractivity contribution in [2.45, 2.75) is 6.42 Å². The Balaban J connectivity index is 1.71. The Bertz CT molecular complexity index is 1060. The predicted molar refractivity (Wildman–Crippen MR) is 104 cm³/mol. The van der Waals surface area contributed by atoms with Gasteiger partial charge in [-0.15, -0.1) is 11.3 Å². The van der Waals surface area contributed by atoms with E-state index < -0.39 is 5.97 Å². The topological polar surface area (TPSA) is 75.1 Å². The van der Waals surface area contributed by atoms with Crippen molar-refractivity contribution in [3.05, 3.63) is 71.9 Å². The Morgan fingerprint density at radius 1 is 1.04 bits per heavy atom. The van der Waals surface area contributed by atoms with E-state index in [1.54, 1.807) is 29.8 Å². The number of carbonyl (C=O) groups is 1. The average molecular weight is 361 g/mol. The normalized spacial score (nSPS) is 10.8. The van der Waals surface area contributed by atoms with Crippen LogP contribution in [-0.4, -0.2) is 21.0 Å². The Morgan fingerprint density at radius 3 is 2.54 bits per heavy atom. The second-order valence-corrected chi connectivity index (χ2v) is 6.67. The number of nitrogens with one attached hydrogen (secondary N) is 1. The van der Waals surface area contributed by atoms with Crippen LogP contribution < -0.4 is 5.32 Å². The summed E-state index contributed by atoms with van der Waals surface area (Å²) in [6, 6.07) is 17.5. The average Bonchev–Trinajstić information content (AvgIpc) is 3.09. The molecule has 128 valence electrons. The number of thiophene rings is 1. The van der Waals surface area contributed by atoms with E-state index in [0.29, 0.717) is 0 Å². The van der Waals surface area contributed by atoms with Gasteiger partial charge >= 0.3 is 5.97 Å². The molecule has 2 N–H and O–H groups in total. The summed E-state index contributed by atoms with van der Waals surface area (Å²) in [4.78, 5) is 20.5. The molecular formula is C20H15N3O2S. The van der Waals surface area contributed by atoms with Crippen molar-refractivity contribution in [2.24, 2.45) is 0 Å². The van der Waals surface area contributed by atoms with Crippen LogP contribution in [0.1, 0.15) is 5.56 Å². The van der Waals surface area contributed by atoms with Crippen molar-refractivity contribution in [3.8, 4) is 11.1 Å². The summed E-state index contributed by atoms with van der Waals surface area (Å²) in [5.74, 6) is -0.102. The number of aromatic nitrogens is 2. The summed E-state index contributed by atoms with van der Waals surface area (Å²) < 4.78 is 0. The van der Waals surface area contributed by atoms with Crippen molar-refractivity contribution in [2.75, 3.05) is 5.32 Å². The number of hydrogen-bond acceptors (Lipinski definition) is 5. The lowest BCUT2D eigenvalue weighted by Gasteiger charge is -2.09. The molecule has 0 saturated heterocycles. The Morgan fingerprint density at radius 2 is 1.81 bits per heavy atom. The molecule has 0 amide bonds. The van der Waals surface area contributed by atoms with Gasteiger partial charge in [-0.05, 0) is 23.3 Å². The highest BCUT2D eigenvalue weighted by Crippen LogP contribution is 2.37. The molecule has 0 radical (unpaired) electrons. The Labute approximate surface area is 154 Å². The van der Waals surface area contributed by atoms with Crippen molar-refractivity contribution in [3.63, 3.8) is 0 Å². The first kappa shape index (κ1) is 16.2. The second-order valence-electron chi connectivity index (χ2n) is 5.81. The van der Waals surface area contributed by atoms with Crippen LogP contribution >= 0.6 is 11.3 Å². The zero-order valence-corrected chi connectivity index (χ0v) is 14.5. The monoisotopic (exact) mass is 361 g/mol. The van der Waals surface area contributed by atoms with Crippen LogP contribution in [0.2, 0.25) is 0 Å². The van der Waals surface area contributed by atoms with Gasteiger partial charge in [-0.25, -0.2) is 9.97 Å². The number of anilines is 2. The standard InChI is InChI=1S/C20H15N3O2S/c24-17(25)10-13-6-8-15(9-7-13)23-19-18-16(14-4-2-1-3-5-14)11-26-20(18)22-12-21-19/h1-9,11-12H,10H2,(H,24,25)(H,21,22,23). The van der Waals surface area contributed by atoms with Gasteiger partial charge in [-0.2, -0.15) is 0 Å². The van der Waals surface area contributed by atoms with E-state index in [4.69, 9.17) is 5.11 Å². The second kappa shape index (κ2) is 6.93. The molecule has 5 nitrogen and oxygen atoms in total. The summed E-state index contributed by atoms with van der Waals surface area (Å²) in [6.45, 7) is 0. The quantitative estimate of drug-likeness (QED) is 0.537. The third-order valence-electron chi connectivity index (χ3n) is 4.03. The molecule has 0 aliphatic carbocycles. The van der Waals surface area contributed by atoms with Crippen LogP contribution in [0.25, 0.3) is 21.3 Å². The van der Waals surface area contributed by atoms with Crippen LogP contribution in [0.4, 0.5) is 11.5 Å². The van der Waals surface area contributed by atoms with E-state index in [0.717, 1.165) is 38.4 Å². The van der Waals surface area contributed by atoms with Gasteiger partial charge in [0.15, 0.2) is 0 Å². The minimum Gasteiger partial charge on any atom is -0.481 e. The summed E-state index contributed by atoms with van der Waals surface area (Å²) in [5, 5.41) is 15.3. The molecule has 0 spiro atoms. The minimum atomic E-state index is -0.839. The number of benzene rings is 2. The highest BCUT2D eigenvalue weighted by molar-refractivity contribution is 7.17. The molecule has 6 heteroatoms. The first-order valence-corrected chi connectivity index (χ1v) is 8.94. The zero-order chi connectivity index (χ0) is 17.9. The van der Waals surface area contributed by atoms with Gasteiger partial charge in [0.2, 0.25) is 0 Å². The van der Waals surface area contributed by atoms with Crippen LogP contribution in [0.15, 0.2) is 66.3 Å². The summed E-state index contributed by atoms with van der Waals surface area (Å²) in [5.41, 5.74) is 3.82. The van der Waals surface area contributed by atoms with Gasteiger partial charge in [0.1, 0.15) is 17.0 Å². The predicted octanol–water partition coefficient (Wildman–Crippen LogP) is 4.73. The smallest absolute Gasteiger partial charge is 0.307 e. The van der Waals surface area contributed by atoms with Gasteiger partial charge in [0.05, 0.1) is 11.8 Å². The Kier molecular flexibility index (Phi) is 4.33. The molecule has 4 rings (SSSR count). The fraction of sp³-hybridized carbons (Fsp3) is 0.0500. The molecule has 2 aromatic carbocycles. The van der Waals surface area contributed by atoms with Gasteiger partial charge in [-0.3, -0.25) is 4.79 Å². The molecule has 2 heterocycles. The Hall–Kier alpha value is -3.25. The molecule has 2 aromatic heterocycles. The van der Waals surface area contributed by atoms with Crippen LogP contribution in [-0.2, 0) is 11.2 Å². The molecule has 26 heavy (non-hydrogen) atoms. The maximum Gasteiger partial charge on any atom is 0.307 e. The fourth-order valence-corrected chi connectivity index (χ4v) is 3.73. The van der Waals surface area contributed by atoms with Gasteiger partial charge < -0.3 is 10.4 Å². The number of carboxylic acids is 1. The maximum atomic E-state index is 10.8. The van der Waals surface area contributed by atoms with E-state index in [2.05, 4.69) is 32.8 Å². The van der Waals surface area contributed by atoms with E-state index in [-0.39, 0.29) is 6.42 Å². The third-order valence-corrected chi connectivity index (χ3v) is 4.91. The molecule has 0 fully saturated rings. The minimum absolute atomic E-state index is 0.0146. The first-order chi connectivity index (χ1) is 12.7. The molecule has 0 saturated carbocycles. The third kappa shape index (κ3) is 3.27. The fourth-order valence-electron chi connectivity index (χ4n) is 2.82. The van der Waals surface area contributed by atoms with E-state index in [1.807, 2.05) is 30.3 Å². The van der Waals surface area contributed by atoms with Crippen molar-refractivity contribution in [1.82, 2.24) is 9.97 Å². The highest BCUT2D eigenvalue weighted by atomic mass is 32.1. The number of rotatable bonds is 5. The molecular weight excluding hydrogens is 346 g/mol. The number of carboxylic acid groups (broad SMARTS) is 1. The van der Waals surface area contributed by atoms with Crippen molar-refractivity contribution in [1.29, 1.82) is 0 Å². The number of nitrogens with zero attached hydrogens (tertiary/aromatic N) is 2. The lowest BCUT2D eigenvalue weighted by Crippen LogP contribution is -2.00. The molecule has 0 unspecified atom stereocenters. The van der Waals surface area contributed by atoms with E-state index in [9.17, 15) is 4.79 Å². The zero-order valence-electron chi connectivity index (χ0n) is 13.7. The highest BCUT2D eigenvalue weighted by Gasteiger charge is 2.13. The number of aliphatic carboxylic acids is 1. The maximum absolute atomic E-state index is 10.8.